The third-order valence-electron chi connectivity index (χ3n) is 4.75. The van der Waals surface area contributed by atoms with Crippen molar-refractivity contribution in [2.45, 2.75) is 58.0 Å². The molecule has 1 saturated carbocycles. The van der Waals surface area contributed by atoms with Crippen molar-refractivity contribution < 1.29 is 22.7 Å². The molecule has 2 aromatic rings. The molecule has 0 aromatic carbocycles. The maximum atomic E-state index is 12.9. The summed E-state index contributed by atoms with van der Waals surface area (Å²) in [5.41, 5.74) is 0.581. The Bertz CT molecular complexity index is 825. The molecular weight excluding hydrogens is 389 g/mol. The first-order chi connectivity index (χ1) is 13.0. The Morgan fingerprint density at radius 3 is 2.54 bits per heavy atom. The molecular formula is C20H23F3N2O2S. The van der Waals surface area contributed by atoms with Gasteiger partial charge in [0.05, 0.1) is 5.01 Å². The van der Waals surface area contributed by atoms with E-state index in [0.29, 0.717) is 5.56 Å². The molecule has 152 valence electrons. The number of rotatable bonds is 7. The molecule has 1 aliphatic carbocycles. The molecule has 8 heteroatoms. The molecule has 0 bridgehead atoms. The Labute approximate surface area is 166 Å². The van der Waals surface area contributed by atoms with Crippen LogP contribution in [0, 0.1) is 5.41 Å². The summed E-state index contributed by atoms with van der Waals surface area (Å²) in [4.78, 5) is 21.4. The van der Waals surface area contributed by atoms with E-state index in [2.05, 4.69) is 9.97 Å². The molecule has 3 rings (SSSR count). The minimum atomic E-state index is -4.45. The molecule has 0 amide bonds. The Morgan fingerprint density at radius 2 is 2.00 bits per heavy atom. The van der Waals surface area contributed by atoms with Gasteiger partial charge in [-0.15, -0.1) is 11.3 Å². The fourth-order valence-electron chi connectivity index (χ4n) is 3.04. The van der Waals surface area contributed by atoms with Gasteiger partial charge >= 0.3 is 6.18 Å². The zero-order chi connectivity index (χ0) is 20.5. The Kier molecular flexibility index (Phi) is 5.79. The summed E-state index contributed by atoms with van der Waals surface area (Å²) in [5.74, 6) is -0.247. The zero-order valence-electron chi connectivity index (χ0n) is 16.0. The van der Waals surface area contributed by atoms with Gasteiger partial charge in [0.25, 0.3) is 0 Å². The van der Waals surface area contributed by atoms with E-state index in [1.54, 1.807) is 18.3 Å². The van der Waals surface area contributed by atoms with Crippen LogP contribution in [0.1, 0.15) is 72.9 Å². The number of halogens is 3. The minimum absolute atomic E-state index is 0.0766. The van der Waals surface area contributed by atoms with E-state index < -0.39 is 12.8 Å². The third kappa shape index (κ3) is 5.31. The van der Waals surface area contributed by atoms with Gasteiger partial charge in [0, 0.05) is 29.5 Å². The van der Waals surface area contributed by atoms with Gasteiger partial charge in [0.15, 0.2) is 12.4 Å². The topological polar surface area (TPSA) is 52.1 Å². The highest BCUT2D eigenvalue weighted by Crippen LogP contribution is 2.44. The molecule has 0 radical (unpaired) electrons. The van der Waals surface area contributed by atoms with Crippen LogP contribution in [0.2, 0.25) is 0 Å². The highest BCUT2D eigenvalue weighted by Gasteiger charge is 2.34. The van der Waals surface area contributed by atoms with E-state index in [-0.39, 0.29) is 41.0 Å². The maximum absolute atomic E-state index is 12.9. The van der Waals surface area contributed by atoms with Crippen LogP contribution in [0.4, 0.5) is 13.2 Å². The van der Waals surface area contributed by atoms with E-state index in [9.17, 15) is 18.0 Å². The number of ketones is 1. The number of nitrogens with zero attached hydrogens (tertiary/aromatic N) is 2. The highest BCUT2D eigenvalue weighted by molar-refractivity contribution is 7.09. The van der Waals surface area contributed by atoms with Gasteiger partial charge in [-0.2, -0.15) is 13.2 Å². The average molecular weight is 412 g/mol. The van der Waals surface area contributed by atoms with Gasteiger partial charge in [0.1, 0.15) is 5.69 Å². The number of hydrogen-bond donors (Lipinski definition) is 0. The summed E-state index contributed by atoms with van der Waals surface area (Å²) in [6, 6.07) is 3.27. The van der Waals surface area contributed by atoms with Crippen molar-refractivity contribution in [2.75, 3.05) is 6.61 Å². The van der Waals surface area contributed by atoms with Crippen molar-refractivity contribution in [3.8, 4) is 5.88 Å². The van der Waals surface area contributed by atoms with E-state index >= 15 is 0 Å². The van der Waals surface area contributed by atoms with Gasteiger partial charge in [-0.3, -0.25) is 4.79 Å². The zero-order valence-corrected chi connectivity index (χ0v) is 16.9. The molecule has 1 fully saturated rings. The average Bonchev–Trinajstić information content (AvgIpc) is 3.30. The van der Waals surface area contributed by atoms with Crippen LogP contribution >= 0.6 is 11.3 Å². The van der Waals surface area contributed by atoms with Crippen molar-refractivity contribution >= 4 is 17.1 Å². The number of aromatic nitrogens is 2. The molecule has 0 spiro atoms. The summed E-state index contributed by atoms with van der Waals surface area (Å²) >= 11 is 1.49. The monoisotopic (exact) mass is 412 g/mol. The largest absolute Gasteiger partial charge is 0.468 e. The van der Waals surface area contributed by atoms with E-state index in [4.69, 9.17) is 4.74 Å². The van der Waals surface area contributed by atoms with Crippen molar-refractivity contribution in [2.24, 2.45) is 5.41 Å². The summed E-state index contributed by atoms with van der Waals surface area (Å²) in [6.45, 7) is 4.69. The molecule has 4 nitrogen and oxygen atoms in total. The van der Waals surface area contributed by atoms with Crippen molar-refractivity contribution in [3.05, 3.63) is 40.0 Å². The number of thiazole rings is 1. The van der Waals surface area contributed by atoms with E-state index in [1.807, 2.05) is 26.2 Å². The summed E-state index contributed by atoms with van der Waals surface area (Å²) < 4.78 is 42.7. The lowest BCUT2D eigenvalue weighted by Gasteiger charge is -2.28. The Hall–Kier alpha value is -1.96. The van der Waals surface area contributed by atoms with Crippen LogP contribution < -0.4 is 4.74 Å². The summed E-state index contributed by atoms with van der Waals surface area (Å²) in [6.07, 6.45) is -0.772. The molecule has 1 atom stereocenters. The molecule has 2 aromatic heterocycles. The number of pyridine rings is 1. The normalized spacial score (nSPS) is 16.1. The Balaban J connectivity index is 1.82. The van der Waals surface area contributed by atoms with Gasteiger partial charge in [0.2, 0.25) is 5.88 Å². The van der Waals surface area contributed by atoms with Crippen LogP contribution in [0.3, 0.4) is 0 Å². The summed E-state index contributed by atoms with van der Waals surface area (Å²) in [5, 5.41) is 2.73. The minimum Gasteiger partial charge on any atom is -0.468 e. The standard InChI is InChI=1S/C20H23F3N2O2S/c1-19(2,3)14(18-24-8-9-28-18)10-16(26)15-7-6-13(12-4-5-12)17(25-15)27-11-20(21,22)23/h6-9,12,14H,4-5,10-11H2,1-3H3. The molecule has 1 aliphatic rings. The number of alkyl halides is 3. The lowest BCUT2D eigenvalue weighted by atomic mass is 9.78. The lowest BCUT2D eigenvalue weighted by Crippen LogP contribution is -2.23. The first-order valence-electron chi connectivity index (χ1n) is 9.17. The van der Waals surface area contributed by atoms with E-state index in [0.717, 1.165) is 17.8 Å². The van der Waals surface area contributed by atoms with E-state index in [1.165, 1.54) is 11.3 Å². The molecule has 2 heterocycles. The maximum Gasteiger partial charge on any atom is 0.422 e. The van der Waals surface area contributed by atoms with Crippen LogP contribution in [0.15, 0.2) is 23.7 Å². The predicted octanol–water partition coefficient (Wildman–Crippen LogP) is 5.76. The van der Waals surface area contributed by atoms with Crippen LogP contribution in [-0.4, -0.2) is 28.5 Å². The molecule has 0 saturated heterocycles. The Morgan fingerprint density at radius 1 is 1.29 bits per heavy atom. The first kappa shape index (κ1) is 20.8. The molecule has 1 unspecified atom stereocenters. The van der Waals surface area contributed by atoms with Crippen LogP contribution in [-0.2, 0) is 0 Å². The quantitative estimate of drug-likeness (QED) is 0.543. The summed E-state index contributed by atoms with van der Waals surface area (Å²) in [7, 11) is 0. The van der Waals surface area contributed by atoms with Crippen molar-refractivity contribution in [1.82, 2.24) is 9.97 Å². The smallest absolute Gasteiger partial charge is 0.422 e. The van der Waals surface area contributed by atoms with Gasteiger partial charge in [-0.25, -0.2) is 9.97 Å². The second kappa shape index (κ2) is 7.81. The van der Waals surface area contributed by atoms with Crippen LogP contribution in [0.25, 0.3) is 0 Å². The predicted molar refractivity (Wildman–Crippen MR) is 101 cm³/mol. The number of carbonyl (C=O) groups excluding carboxylic acids is 1. The fourth-order valence-corrected chi connectivity index (χ4v) is 4.02. The number of hydrogen-bond acceptors (Lipinski definition) is 5. The number of Topliss-reactive ketones (excluding diaryl/α,β-unsaturated/α-hetero) is 1. The van der Waals surface area contributed by atoms with Crippen LogP contribution in [0.5, 0.6) is 5.88 Å². The number of ether oxygens (including phenoxy) is 1. The molecule has 28 heavy (non-hydrogen) atoms. The fraction of sp³-hybridized carbons (Fsp3) is 0.550. The molecule has 0 aliphatic heterocycles. The second-order valence-electron chi connectivity index (χ2n) is 8.19. The SMILES string of the molecule is CC(C)(C)C(CC(=O)c1ccc(C2CC2)c(OCC(F)(F)F)n1)c1nccs1. The molecule has 0 N–H and O–H groups in total. The van der Waals surface area contributed by atoms with Gasteiger partial charge < -0.3 is 4.74 Å². The highest BCUT2D eigenvalue weighted by atomic mass is 32.1. The number of carbonyl (C=O) groups is 1. The third-order valence-corrected chi connectivity index (χ3v) is 5.64. The first-order valence-corrected chi connectivity index (χ1v) is 10.1. The van der Waals surface area contributed by atoms with Gasteiger partial charge in [-0.1, -0.05) is 26.8 Å². The second-order valence-corrected chi connectivity index (χ2v) is 9.11. The van der Waals surface area contributed by atoms with Crippen molar-refractivity contribution in [1.29, 1.82) is 0 Å². The van der Waals surface area contributed by atoms with Crippen molar-refractivity contribution in [3.63, 3.8) is 0 Å². The lowest BCUT2D eigenvalue weighted by molar-refractivity contribution is -0.154. The van der Waals surface area contributed by atoms with Gasteiger partial charge in [-0.05, 0) is 30.2 Å².